The van der Waals surface area contributed by atoms with Crippen LogP contribution in [0.3, 0.4) is 0 Å². The second-order valence-corrected chi connectivity index (χ2v) is 4.88. The molecule has 1 saturated heterocycles. The number of nitrogens with one attached hydrogen (secondary N) is 1. The summed E-state index contributed by atoms with van der Waals surface area (Å²) < 4.78 is 11.0. The van der Waals surface area contributed by atoms with Crippen molar-refractivity contribution >= 4 is 0 Å². The molecule has 0 aromatic carbocycles. The van der Waals surface area contributed by atoms with E-state index < -0.39 is 0 Å². The van der Waals surface area contributed by atoms with Gasteiger partial charge in [-0.05, 0) is 25.9 Å². The molecule has 0 aromatic heterocycles. The van der Waals surface area contributed by atoms with Crippen molar-refractivity contribution in [2.45, 2.75) is 26.6 Å². The van der Waals surface area contributed by atoms with Crippen LogP contribution in [-0.2, 0) is 9.47 Å². The molecule has 1 rings (SSSR count). The van der Waals surface area contributed by atoms with Gasteiger partial charge >= 0.3 is 0 Å². The van der Waals surface area contributed by atoms with Crippen LogP contribution in [0.5, 0.6) is 0 Å². The monoisotopic (exact) mass is 230 g/mol. The van der Waals surface area contributed by atoms with Crippen molar-refractivity contribution in [1.82, 2.24) is 10.2 Å². The highest BCUT2D eigenvalue weighted by Crippen LogP contribution is 2.05. The van der Waals surface area contributed by atoms with Crippen LogP contribution in [0.15, 0.2) is 0 Å². The predicted octanol–water partition coefficient (Wildman–Crippen LogP) is 0.927. The lowest BCUT2D eigenvalue weighted by atomic mass is 10.2. The van der Waals surface area contributed by atoms with Crippen LogP contribution in [0.25, 0.3) is 0 Å². The zero-order chi connectivity index (χ0) is 11.8. The third-order valence-corrected chi connectivity index (χ3v) is 2.58. The van der Waals surface area contributed by atoms with Gasteiger partial charge in [0.2, 0.25) is 0 Å². The summed E-state index contributed by atoms with van der Waals surface area (Å²) in [5.74, 6) is 0.718. The van der Waals surface area contributed by atoms with Gasteiger partial charge in [-0.3, -0.25) is 0 Å². The normalized spacial score (nSPS) is 18.6. The molecule has 0 amide bonds. The highest BCUT2D eigenvalue weighted by Gasteiger charge is 2.15. The van der Waals surface area contributed by atoms with Crippen LogP contribution in [0, 0.1) is 5.92 Å². The third kappa shape index (κ3) is 6.43. The van der Waals surface area contributed by atoms with Gasteiger partial charge in [-0.2, -0.15) is 0 Å². The molecule has 16 heavy (non-hydrogen) atoms. The Bertz CT molecular complexity index is 170. The Morgan fingerprint density at radius 3 is 2.62 bits per heavy atom. The van der Waals surface area contributed by atoms with E-state index in [2.05, 4.69) is 31.1 Å². The van der Waals surface area contributed by atoms with Crippen molar-refractivity contribution in [2.75, 3.05) is 46.4 Å². The second kappa shape index (κ2) is 8.01. The van der Waals surface area contributed by atoms with E-state index in [9.17, 15) is 0 Å². The number of likely N-dealkylation sites (N-methyl/N-ethyl adjacent to an activating group) is 1. The van der Waals surface area contributed by atoms with Gasteiger partial charge < -0.3 is 19.7 Å². The summed E-state index contributed by atoms with van der Waals surface area (Å²) in [5, 5.41) is 3.43. The largest absolute Gasteiger partial charge is 0.351 e. The van der Waals surface area contributed by atoms with E-state index in [1.54, 1.807) is 0 Å². The Morgan fingerprint density at radius 2 is 2.00 bits per heavy atom. The maximum atomic E-state index is 5.51. The molecule has 0 unspecified atom stereocenters. The van der Waals surface area contributed by atoms with Crippen molar-refractivity contribution in [2.24, 2.45) is 5.92 Å². The van der Waals surface area contributed by atoms with Crippen LogP contribution in [0.1, 0.15) is 20.3 Å². The van der Waals surface area contributed by atoms with Crippen molar-refractivity contribution in [3.8, 4) is 0 Å². The molecule has 0 aromatic rings. The van der Waals surface area contributed by atoms with E-state index in [4.69, 9.17) is 9.47 Å². The smallest absolute Gasteiger partial charge is 0.170 e. The highest BCUT2D eigenvalue weighted by molar-refractivity contribution is 4.60. The summed E-state index contributed by atoms with van der Waals surface area (Å²) in [4.78, 5) is 2.25. The SMILES string of the molecule is CC(C)CNCCN(C)CC1OCCCO1. The van der Waals surface area contributed by atoms with E-state index in [1.807, 2.05) is 0 Å². The molecular formula is C12H26N2O2. The summed E-state index contributed by atoms with van der Waals surface area (Å²) >= 11 is 0. The topological polar surface area (TPSA) is 33.7 Å². The summed E-state index contributed by atoms with van der Waals surface area (Å²) in [6, 6.07) is 0. The fourth-order valence-corrected chi connectivity index (χ4v) is 1.65. The van der Waals surface area contributed by atoms with Crippen molar-refractivity contribution in [3.63, 3.8) is 0 Å². The quantitative estimate of drug-likeness (QED) is 0.660. The average Bonchev–Trinajstić information content (AvgIpc) is 2.25. The molecule has 0 radical (unpaired) electrons. The summed E-state index contributed by atoms with van der Waals surface area (Å²) in [6.07, 6.45) is 1.000. The van der Waals surface area contributed by atoms with E-state index >= 15 is 0 Å². The molecular weight excluding hydrogens is 204 g/mol. The van der Waals surface area contributed by atoms with Gasteiger partial charge in [0, 0.05) is 19.6 Å². The zero-order valence-electron chi connectivity index (χ0n) is 10.9. The lowest BCUT2D eigenvalue weighted by molar-refractivity contribution is -0.184. The average molecular weight is 230 g/mol. The minimum absolute atomic E-state index is 0.0242. The van der Waals surface area contributed by atoms with Gasteiger partial charge in [0.25, 0.3) is 0 Å². The highest BCUT2D eigenvalue weighted by atomic mass is 16.7. The van der Waals surface area contributed by atoms with Crippen molar-refractivity contribution in [1.29, 1.82) is 0 Å². The molecule has 0 aliphatic carbocycles. The fraction of sp³-hybridized carbons (Fsp3) is 1.00. The number of hydrogen-bond acceptors (Lipinski definition) is 4. The standard InChI is InChI=1S/C12H26N2O2/c1-11(2)9-13-5-6-14(3)10-12-15-7-4-8-16-12/h11-13H,4-10H2,1-3H3. The summed E-state index contributed by atoms with van der Waals surface area (Å²) in [6.45, 7) is 10.1. The molecule has 0 saturated carbocycles. The lowest BCUT2D eigenvalue weighted by Gasteiger charge is -2.27. The Labute approximate surface area is 99.3 Å². The number of rotatable bonds is 7. The molecule has 1 fully saturated rings. The van der Waals surface area contributed by atoms with Gasteiger partial charge in [-0.25, -0.2) is 0 Å². The van der Waals surface area contributed by atoms with Crippen molar-refractivity contribution in [3.05, 3.63) is 0 Å². The van der Waals surface area contributed by atoms with Crippen molar-refractivity contribution < 1.29 is 9.47 Å². The molecule has 96 valence electrons. The van der Waals surface area contributed by atoms with Gasteiger partial charge in [-0.1, -0.05) is 13.8 Å². The third-order valence-electron chi connectivity index (χ3n) is 2.58. The molecule has 0 spiro atoms. The van der Waals surface area contributed by atoms with Crippen LogP contribution < -0.4 is 5.32 Å². The molecule has 1 N–H and O–H groups in total. The minimum Gasteiger partial charge on any atom is -0.351 e. The lowest BCUT2D eigenvalue weighted by Crippen LogP contribution is -2.39. The first kappa shape index (κ1) is 13.9. The Kier molecular flexibility index (Phi) is 6.96. The Hall–Kier alpha value is -0.160. The Morgan fingerprint density at radius 1 is 1.31 bits per heavy atom. The van der Waals surface area contributed by atoms with E-state index in [-0.39, 0.29) is 6.29 Å². The second-order valence-electron chi connectivity index (χ2n) is 4.88. The molecule has 4 nitrogen and oxygen atoms in total. The molecule has 4 heteroatoms. The molecule has 0 bridgehead atoms. The van der Waals surface area contributed by atoms with E-state index in [0.717, 1.165) is 51.7 Å². The van der Waals surface area contributed by atoms with Crippen LogP contribution in [0.4, 0.5) is 0 Å². The Balaban J connectivity index is 1.99. The maximum Gasteiger partial charge on any atom is 0.170 e. The maximum absolute atomic E-state index is 5.51. The van der Waals surface area contributed by atoms with Crippen LogP contribution >= 0.6 is 0 Å². The van der Waals surface area contributed by atoms with Gasteiger partial charge in [0.1, 0.15) is 0 Å². The minimum atomic E-state index is -0.0242. The summed E-state index contributed by atoms with van der Waals surface area (Å²) in [5.41, 5.74) is 0. The first-order chi connectivity index (χ1) is 7.68. The van der Waals surface area contributed by atoms with E-state index in [0.29, 0.717) is 0 Å². The first-order valence-electron chi connectivity index (χ1n) is 6.31. The molecule has 1 heterocycles. The number of nitrogens with zero attached hydrogens (tertiary/aromatic N) is 1. The van der Waals surface area contributed by atoms with Crippen LogP contribution in [0.2, 0.25) is 0 Å². The molecule has 1 aliphatic rings. The van der Waals surface area contributed by atoms with E-state index in [1.165, 1.54) is 0 Å². The number of ether oxygens (including phenoxy) is 2. The first-order valence-corrected chi connectivity index (χ1v) is 6.31. The fourth-order valence-electron chi connectivity index (χ4n) is 1.65. The zero-order valence-corrected chi connectivity index (χ0v) is 10.9. The van der Waals surface area contributed by atoms with Gasteiger partial charge in [0.15, 0.2) is 6.29 Å². The number of hydrogen-bond donors (Lipinski definition) is 1. The molecule has 0 atom stereocenters. The van der Waals surface area contributed by atoms with Gasteiger partial charge in [-0.15, -0.1) is 0 Å². The summed E-state index contributed by atoms with van der Waals surface area (Å²) in [7, 11) is 2.11. The predicted molar refractivity (Wildman–Crippen MR) is 65.5 cm³/mol. The van der Waals surface area contributed by atoms with Gasteiger partial charge in [0.05, 0.1) is 13.2 Å². The van der Waals surface area contributed by atoms with Crippen LogP contribution in [-0.4, -0.2) is 57.6 Å². The molecule has 1 aliphatic heterocycles.